The normalized spacial score (nSPS) is 11.5. The van der Waals surface area contributed by atoms with E-state index in [2.05, 4.69) is 16.0 Å². The molecule has 0 aliphatic carbocycles. The van der Waals surface area contributed by atoms with E-state index in [9.17, 15) is 27.9 Å². The third kappa shape index (κ3) is 8.69. The Balaban J connectivity index is 0.00000544. The summed E-state index contributed by atoms with van der Waals surface area (Å²) < 4.78 is 26.7. The maximum absolute atomic E-state index is 12.3. The molecule has 0 fully saturated rings. The lowest BCUT2D eigenvalue weighted by molar-refractivity contribution is -0.138. The first-order valence-electron chi connectivity index (χ1n) is 9.14. The van der Waals surface area contributed by atoms with Crippen LogP contribution in [0.15, 0.2) is 47.4 Å². The number of sulfonamides is 1. The smallest absolute Gasteiger partial charge is 0.323 e. The summed E-state index contributed by atoms with van der Waals surface area (Å²) in [4.78, 5) is 36.2. The highest BCUT2D eigenvalue weighted by Gasteiger charge is 2.26. The minimum atomic E-state index is -4.10. The molecule has 0 unspecified atom stereocenters. The second-order valence-electron chi connectivity index (χ2n) is 6.30. The monoisotopic (exact) mass is 518 g/mol. The molecule has 1 aromatic carbocycles. The lowest BCUT2D eigenvalue weighted by Gasteiger charge is -2.15. The maximum Gasteiger partial charge on any atom is 0.323 e. The van der Waals surface area contributed by atoms with E-state index < -0.39 is 40.4 Å². The highest BCUT2D eigenvalue weighted by atomic mass is 35.5. The molecule has 2 aromatic rings. The minimum Gasteiger partial charge on any atom is -0.480 e. The number of carbonyl (C=O) groups excluding carboxylic acids is 2. The van der Waals surface area contributed by atoms with Crippen LogP contribution >= 0.6 is 23.7 Å². The zero-order chi connectivity index (χ0) is 23.7. The Kier molecular flexibility index (Phi) is 10.7. The minimum absolute atomic E-state index is 0. The van der Waals surface area contributed by atoms with E-state index >= 15 is 0 Å². The van der Waals surface area contributed by atoms with Crippen molar-refractivity contribution in [2.75, 3.05) is 19.6 Å². The van der Waals surface area contributed by atoms with E-state index in [4.69, 9.17) is 11.1 Å². The molecule has 0 radical (unpaired) electrons. The van der Waals surface area contributed by atoms with Crippen LogP contribution in [0.25, 0.3) is 0 Å². The Morgan fingerprint density at radius 2 is 1.52 bits per heavy atom. The van der Waals surface area contributed by atoms with Gasteiger partial charge < -0.3 is 26.8 Å². The topological polar surface area (TPSA) is 204 Å². The van der Waals surface area contributed by atoms with Crippen molar-refractivity contribution in [1.29, 1.82) is 5.41 Å². The third-order valence-electron chi connectivity index (χ3n) is 3.90. The van der Waals surface area contributed by atoms with Crippen molar-refractivity contribution in [3.05, 3.63) is 52.2 Å². The number of carboxylic acid groups (broad SMARTS) is 1. The second-order valence-corrected chi connectivity index (χ2v) is 9.09. The number of halogens is 1. The molecule has 0 aliphatic heterocycles. The van der Waals surface area contributed by atoms with Crippen LogP contribution in [0, 0.1) is 5.41 Å². The van der Waals surface area contributed by atoms with Crippen LogP contribution in [0.3, 0.4) is 0 Å². The average Bonchev–Trinajstić information content (AvgIpc) is 3.24. The van der Waals surface area contributed by atoms with Gasteiger partial charge >= 0.3 is 5.97 Å². The molecule has 2 amide bonds. The lowest BCUT2D eigenvalue weighted by atomic mass is 10.3. The van der Waals surface area contributed by atoms with Crippen LogP contribution in [0.4, 0.5) is 0 Å². The van der Waals surface area contributed by atoms with E-state index in [0.29, 0.717) is 0 Å². The van der Waals surface area contributed by atoms with Crippen molar-refractivity contribution in [3.8, 4) is 0 Å². The van der Waals surface area contributed by atoms with E-state index in [1.165, 1.54) is 36.4 Å². The van der Waals surface area contributed by atoms with Gasteiger partial charge in [0.15, 0.2) is 5.96 Å². The Bertz CT molecular complexity index is 1090. The molecule has 0 saturated carbocycles. The molecule has 0 aliphatic rings. The Hall–Kier alpha value is -3.20. The molecular formula is C18H23ClN6O6S2. The van der Waals surface area contributed by atoms with Gasteiger partial charge in [0.25, 0.3) is 11.8 Å². The largest absolute Gasteiger partial charge is 0.480 e. The zero-order valence-electron chi connectivity index (χ0n) is 17.0. The summed E-state index contributed by atoms with van der Waals surface area (Å²) in [5.74, 6) is -2.77. The van der Waals surface area contributed by atoms with Gasteiger partial charge in [-0.05, 0) is 24.3 Å². The fourth-order valence-electron chi connectivity index (χ4n) is 2.36. The standard InChI is InChI=1S/C18H22N6O6S2.ClH/c19-18(20)22-9-8-21-15(25)13-6-7-14(31-13)16(26)23-10-12(17(27)28)24-32(29,30)11-4-2-1-3-5-11;/h1-7,12,24H,8-10H2,(H,21,25)(H,23,26)(H,27,28)(H4,19,20,22);1H/t12-;/m0./s1. The fourth-order valence-corrected chi connectivity index (χ4v) is 4.41. The molecule has 12 nitrogen and oxygen atoms in total. The van der Waals surface area contributed by atoms with Gasteiger partial charge in [0.1, 0.15) is 6.04 Å². The molecule has 1 atom stereocenters. The number of hydrogen-bond donors (Lipinski definition) is 7. The van der Waals surface area contributed by atoms with Crippen molar-refractivity contribution in [3.63, 3.8) is 0 Å². The predicted octanol–water partition coefficient (Wildman–Crippen LogP) is -0.456. The molecule has 1 aromatic heterocycles. The molecule has 15 heteroatoms. The second kappa shape index (κ2) is 12.7. The number of carboxylic acids is 1. The summed E-state index contributed by atoms with van der Waals surface area (Å²) in [6.45, 7) is -0.0364. The van der Waals surface area contributed by atoms with Crippen LogP contribution < -0.4 is 26.4 Å². The van der Waals surface area contributed by atoms with Crippen LogP contribution in [-0.2, 0) is 14.8 Å². The van der Waals surface area contributed by atoms with Gasteiger partial charge in [0, 0.05) is 19.6 Å². The average molecular weight is 519 g/mol. The molecular weight excluding hydrogens is 496 g/mol. The fraction of sp³-hybridized carbons (Fsp3) is 0.222. The number of amides is 2. The number of guanidine groups is 1. The van der Waals surface area contributed by atoms with Crippen molar-refractivity contribution in [1.82, 2.24) is 20.7 Å². The number of thiophene rings is 1. The number of rotatable bonds is 11. The van der Waals surface area contributed by atoms with Crippen LogP contribution in [0.5, 0.6) is 0 Å². The number of hydrogen-bond acceptors (Lipinski definition) is 7. The summed E-state index contributed by atoms with van der Waals surface area (Å²) in [7, 11) is -4.10. The third-order valence-corrected chi connectivity index (χ3v) is 6.47. The van der Waals surface area contributed by atoms with Crippen LogP contribution in [0.2, 0.25) is 0 Å². The van der Waals surface area contributed by atoms with Crippen molar-refractivity contribution in [2.24, 2.45) is 5.73 Å². The lowest BCUT2D eigenvalue weighted by Crippen LogP contribution is -2.48. The summed E-state index contributed by atoms with van der Waals surface area (Å²) in [5.41, 5.74) is 5.13. The first-order valence-corrected chi connectivity index (χ1v) is 11.4. The Labute approximate surface area is 199 Å². The van der Waals surface area contributed by atoms with Gasteiger partial charge in [-0.3, -0.25) is 19.8 Å². The summed E-state index contributed by atoms with van der Waals surface area (Å²) in [5, 5.41) is 23.8. The molecule has 0 saturated heterocycles. The number of carbonyl (C=O) groups is 3. The van der Waals surface area contributed by atoms with E-state index in [0.717, 1.165) is 11.3 Å². The Morgan fingerprint density at radius 1 is 0.970 bits per heavy atom. The summed E-state index contributed by atoms with van der Waals surface area (Å²) in [6.07, 6.45) is 0. The quantitative estimate of drug-likeness (QED) is 0.117. The van der Waals surface area contributed by atoms with E-state index in [1.54, 1.807) is 6.07 Å². The number of nitrogens with two attached hydrogens (primary N) is 1. The van der Waals surface area contributed by atoms with Gasteiger partial charge in [-0.2, -0.15) is 4.72 Å². The van der Waals surface area contributed by atoms with Crippen LogP contribution in [-0.4, -0.2) is 62.9 Å². The predicted molar refractivity (Wildman–Crippen MR) is 124 cm³/mol. The van der Waals surface area contributed by atoms with Crippen LogP contribution in [0.1, 0.15) is 19.3 Å². The molecule has 2 rings (SSSR count). The number of nitrogens with one attached hydrogen (secondary N) is 5. The zero-order valence-corrected chi connectivity index (χ0v) is 19.5. The van der Waals surface area contributed by atoms with Crippen molar-refractivity contribution >= 4 is 57.5 Å². The molecule has 180 valence electrons. The molecule has 0 spiro atoms. The molecule has 1 heterocycles. The highest BCUT2D eigenvalue weighted by molar-refractivity contribution is 7.89. The summed E-state index contributed by atoms with van der Waals surface area (Å²) >= 11 is 0.886. The first kappa shape index (κ1) is 27.8. The number of benzene rings is 1. The maximum atomic E-state index is 12.3. The Morgan fingerprint density at radius 3 is 2.06 bits per heavy atom. The van der Waals surface area contributed by atoms with E-state index in [-0.39, 0.29) is 46.1 Å². The number of aliphatic carboxylic acids is 1. The van der Waals surface area contributed by atoms with Gasteiger partial charge in [-0.25, -0.2) is 8.42 Å². The summed E-state index contributed by atoms with van der Waals surface area (Å²) in [6, 6.07) is 8.47. The van der Waals surface area contributed by atoms with Gasteiger partial charge in [-0.1, -0.05) is 18.2 Å². The molecule has 33 heavy (non-hydrogen) atoms. The van der Waals surface area contributed by atoms with E-state index in [1.807, 2.05) is 4.72 Å². The van der Waals surface area contributed by atoms with Gasteiger partial charge in [-0.15, -0.1) is 23.7 Å². The van der Waals surface area contributed by atoms with Gasteiger partial charge in [0.2, 0.25) is 10.0 Å². The molecule has 8 N–H and O–H groups in total. The SMILES string of the molecule is Cl.N=C(N)NCCNC(=O)c1ccc(C(=O)NC[C@H](NS(=O)(=O)c2ccccc2)C(=O)O)s1. The highest BCUT2D eigenvalue weighted by Crippen LogP contribution is 2.16. The first-order chi connectivity index (χ1) is 15.1. The molecule has 0 bridgehead atoms. The van der Waals surface area contributed by atoms with Crippen molar-refractivity contribution < 1.29 is 27.9 Å². The van der Waals surface area contributed by atoms with Gasteiger partial charge in [0.05, 0.1) is 14.6 Å². The van der Waals surface area contributed by atoms with Crippen molar-refractivity contribution in [2.45, 2.75) is 10.9 Å².